The largest absolute Gasteiger partial charge is 0.394 e. The van der Waals surface area contributed by atoms with E-state index in [-0.39, 0.29) is 19.1 Å². The van der Waals surface area contributed by atoms with E-state index in [0.29, 0.717) is 17.7 Å². The van der Waals surface area contributed by atoms with Crippen LogP contribution in [0.15, 0.2) is 29.4 Å². The average Bonchev–Trinajstić information content (AvgIpc) is 2.73. The predicted octanol–water partition coefficient (Wildman–Crippen LogP) is -0.291. The summed E-state index contributed by atoms with van der Waals surface area (Å²) >= 11 is 0. The predicted molar refractivity (Wildman–Crippen MR) is 104 cm³/mol. The van der Waals surface area contributed by atoms with Gasteiger partial charge < -0.3 is 35.4 Å². The summed E-state index contributed by atoms with van der Waals surface area (Å²) in [6, 6.07) is 5.11. The van der Waals surface area contributed by atoms with Gasteiger partial charge in [0.2, 0.25) is 5.91 Å². The van der Waals surface area contributed by atoms with Gasteiger partial charge in [0.15, 0.2) is 6.29 Å². The Labute approximate surface area is 172 Å². The molecular formula is C18H25N5O7. The molecule has 0 spiro atoms. The molecule has 2 rings (SSSR count). The Morgan fingerprint density at radius 2 is 1.97 bits per heavy atom. The van der Waals surface area contributed by atoms with E-state index in [9.17, 15) is 24.9 Å². The summed E-state index contributed by atoms with van der Waals surface area (Å²) in [6.07, 6.45) is -4.48. The molecule has 0 radical (unpaired) electrons. The lowest BCUT2D eigenvalue weighted by Gasteiger charge is -2.42. The van der Waals surface area contributed by atoms with Crippen molar-refractivity contribution in [2.24, 2.45) is 5.11 Å². The van der Waals surface area contributed by atoms with Gasteiger partial charge in [0.05, 0.1) is 13.2 Å². The molecule has 1 aromatic carbocycles. The molecule has 164 valence electrons. The molecule has 30 heavy (non-hydrogen) atoms. The molecule has 0 bridgehead atoms. The van der Waals surface area contributed by atoms with Crippen molar-refractivity contribution in [1.82, 2.24) is 10.6 Å². The molecule has 1 saturated heterocycles. The first-order valence-corrected chi connectivity index (χ1v) is 9.32. The van der Waals surface area contributed by atoms with E-state index in [1.807, 2.05) is 0 Å². The molecular weight excluding hydrogens is 398 g/mol. The Hall–Kier alpha value is -2.73. The SMILES string of the molecule is CC(=O)N[C@H]1[C@H](OCCCNC(=O)c2ccc(N=[N+]=[N-])cc2)O[C@H](CO)[C@@H](O)[C@@H]1O. The van der Waals surface area contributed by atoms with Crippen LogP contribution in [0.1, 0.15) is 23.7 Å². The molecule has 1 fully saturated rings. The highest BCUT2D eigenvalue weighted by Gasteiger charge is 2.45. The molecule has 1 aliphatic heterocycles. The maximum absolute atomic E-state index is 12.1. The van der Waals surface area contributed by atoms with Crippen LogP contribution in [0.2, 0.25) is 0 Å². The minimum absolute atomic E-state index is 0.123. The van der Waals surface area contributed by atoms with E-state index in [0.717, 1.165) is 0 Å². The zero-order valence-corrected chi connectivity index (χ0v) is 16.3. The topological polar surface area (TPSA) is 186 Å². The first-order valence-electron chi connectivity index (χ1n) is 9.32. The number of nitrogens with zero attached hydrogens (tertiary/aromatic N) is 3. The minimum atomic E-state index is -1.38. The second-order valence-electron chi connectivity index (χ2n) is 6.65. The molecule has 0 aromatic heterocycles. The van der Waals surface area contributed by atoms with Crippen molar-refractivity contribution in [3.63, 3.8) is 0 Å². The van der Waals surface area contributed by atoms with Gasteiger partial charge in [-0.1, -0.05) is 17.2 Å². The number of carbonyl (C=O) groups is 2. The van der Waals surface area contributed by atoms with Crippen molar-refractivity contribution in [2.75, 3.05) is 19.8 Å². The summed E-state index contributed by atoms with van der Waals surface area (Å²) in [5, 5.41) is 38.0. The lowest BCUT2D eigenvalue weighted by atomic mass is 9.97. The van der Waals surface area contributed by atoms with Crippen LogP contribution in [0, 0.1) is 0 Å². The van der Waals surface area contributed by atoms with Crippen LogP contribution in [-0.2, 0) is 14.3 Å². The first-order chi connectivity index (χ1) is 14.4. The molecule has 5 atom stereocenters. The van der Waals surface area contributed by atoms with Crippen LogP contribution >= 0.6 is 0 Å². The van der Waals surface area contributed by atoms with Gasteiger partial charge in [-0.25, -0.2) is 0 Å². The van der Waals surface area contributed by atoms with E-state index < -0.39 is 43.2 Å². The zero-order chi connectivity index (χ0) is 22.1. The summed E-state index contributed by atoms with van der Waals surface area (Å²) in [5.74, 6) is -0.754. The Morgan fingerprint density at radius 1 is 1.27 bits per heavy atom. The fourth-order valence-corrected chi connectivity index (χ4v) is 2.92. The summed E-state index contributed by atoms with van der Waals surface area (Å²) in [4.78, 5) is 26.1. The lowest BCUT2D eigenvalue weighted by molar-refractivity contribution is -0.270. The smallest absolute Gasteiger partial charge is 0.251 e. The van der Waals surface area contributed by atoms with E-state index in [4.69, 9.17) is 15.0 Å². The number of rotatable bonds is 9. The minimum Gasteiger partial charge on any atom is -0.394 e. The van der Waals surface area contributed by atoms with E-state index in [1.165, 1.54) is 31.2 Å². The second kappa shape index (κ2) is 11.5. The number of amides is 2. The van der Waals surface area contributed by atoms with E-state index in [1.54, 1.807) is 0 Å². The third-order valence-corrected chi connectivity index (χ3v) is 4.43. The number of carbonyl (C=O) groups excluding carboxylic acids is 2. The molecule has 1 aliphatic rings. The Balaban J connectivity index is 1.81. The molecule has 12 nitrogen and oxygen atoms in total. The number of hydrogen-bond acceptors (Lipinski definition) is 8. The van der Waals surface area contributed by atoms with Crippen LogP contribution in [0.25, 0.3) is 10.4 Å². The fraction of sp³-hybridized carbons (Fsp3) is 0.556. The number of aliphatic hydroxyl groups excluding tert-OH is 3. The molecule has 0 unspecified atom stereocenters. The molecule has 5 N–H and O–H groups in total. The molecule has 0 aliphatic carbocycles. The zero-order valence-electron chi connectivity index (χ0n) is 16.3. The third-order valence-electron chi connectivity index (χ3n) is 4.43. The number of aliphatic hydroxyl groups is 3. The van der Waals surface area contributed by atoms with Crippen molar-refractivity contribution in [2.45, 2.75) is 44.0 Å². The maximum atomic E-state index is 12.1. The summed E-state index contributed by atoms with van der Waals surface area (Å²) in [6.45, 7) is 1.13. The van der Waals surface area contributed by atoms with Gasteiger partial charge >= 0.3 is 0 Å². The van der Waals surface area contributed by atoms with Crippen molar-refractivity contribution in [3.05, 3.63) is 40.3 Å². The highest BCUT2D eigenvalue weighted by atomic mass is 16.7. The van der Waals surface area contributed by atoms with Gasteiger partial charge in [-0.3, -0.25) is 9.59 Å². The highest BCUT2D eigenvalue weighted by molar-refractivity contribution is 5.94. The van der Waals surface area contributed by atoms with Gasteiger partial charge in [0.1, 0.15) is 24.4 Å². The molecule has 1 aromatic rings. The standard InChI is InChI=1S/C18H25N5O7/c1-10(25)21-14-16(27)15(26)13(9-24)30-18(14)29-8-2-7-20-17(28)11-3-5-12(6-4-11)22-23-19/h3-6,13-16,18,24,26-27H,2,7-9H2,1H3,(H,20,28)(H,21,25)/t13-,14-,15-,16-,18-/m1/s1. The Morgan fingerprint density at radius 3 is 2.57 bits per heavy atom. The van der Waals surface area contributed by atoms with Crippen molar-refractivity contribution < 1.29 is 34.4 Å². The second-order valence-corrected chi connectivity index (χ2v) is 6.65. The molecule has 0 saturated carbocycles. The van der Waals surface area contributed by atoms with Crippen molar-refractivity contribution in [1.29, 1.82) is 0 Å². The van der Waals surface area contributed by atoms with Crippen LogP contribution in [0.5, 0.6) is 0 Å². The van der Waals surface area contributed by atoms with Gasteiger partial charge in [-0.15, -0.1) is 0 Å². The quantitative estimate of drug-likeness (QED) is 0.156. The van der Waals surface area contributed by atoms with Crippen molar-refractivity contribution >= 4 is 17.5 Å². The Kier molecular flexibility index (Phi) is 8.99. The monoisotopic (exact) mass is 423 g/mol. The summed E-state index contributed by atoms with van der Waals surface area (Å²) < 4.78 is 11.0. The third kappa shape index (κ3) is 6.39. The highest BCUT2D eigenvalue weighted by Crippen LogP contribution is 2.22. The number of ether oxygens (including phenoxy) is 2. The lowest BCUT2D eigenvalue weighted by Crippen LogP contribution is -2.64. The normalized spacial score (nSPS) is 25.8. The maximum Gasteiger partial charge on any atom is 0.251 e. The molecule has 1 heterocycles. The Bertz CT molecular complexity index is 769. The van der Waals surface area contributed by atoms with E-state index in [2.05, 4.69) is 20.7 Å². The van der Waals surface area contributed by atoms with Crippen molar-refractivity contribution in [3.8, 4) is 0 Å². The number of azide groups is 1. The molecule has 12 heteroatoms. The van der Waals surface area contributed by atoms with Crippen LogP contribution in [0.4, 0.5) is 5.69 Å². The number of nitrogens with one attached hydrogen (secondary N) is 2. The van der Waals surface area contributed by atoms with Gasteiger partial charge in [-0.05, 0) is 24.1 Å². The summed E-state index contributed by atoms with van der Waals surface area (Å²) in [7, 11) is 0. The molecule has 2 amide bonds. The van der Waals surface area contributed by atoms with Crippen LogP contribution in [-0.4, -0.2) is 77.5 Å². The van der Waals surface area contributed by atoms with Gasteiger partial charge in [-0.2, -0.15) is 0 Å². The van der Waals surface area contributed by atoms with E-state index >= 15 is 0 Å². The number of hydrogen-bond donors (Lipinski definition) is 5. The van der Waals surface area contributed by atoms with Crippen LogP contribution in [0.3, 0.4) is 0 Å². The van der Waals surface area contributed by atoms with Crippen LogP contribution < -0.4 is 10.6 Å². The number of benzene rings is 1. The fourth-order valence-electron chi connectivity index (χ4n) is 2.92. The van der Waals surface area contributed by atoms with Gasteiger partial charge in [0.25, 0.3) is 5.91 Å². The average molecular weight is 423 g/mol. The summed E-state index contributed by atoms with van der Waals surface area (Å²) in [5.41, 5.74) is 9.17. The first kappa shape index (κ1) is 23.5. The van der Waals surface area contributed by atoms with Gasteiger partial charge in [0, 0.05) is 29.6 Å².